The van der Waals surface area contributed by atoms with Crippen molar-refractivity contribution in [2.24, 2.45) is 0 Å². The van der Waals surface area contributed by atoms with E-state index in [4.69, 9.17) is 9.47 Å². The largest absolute Gasteiger partial charge is 0.496 e. The third-order valence-corrected chi connectivity index (χ3v) is 6.33. The minimum atomic E-state index is -0.614. The number of carbonyl (C=O) groups excluding carboxylic acids is 1. The predicted octanol–water partition coefficient (Wildman–Crippen LogP) is 3.45. The topological polar surface area (TPSA) is 93.3 Å². The van der Waals surface area contributed by atoms with Crippen LogP contribution < -0.4 is 29.5 Å². The lowest BCUT2D eigenvalue weighted by Gasteiger charge is -2.07. The molecule has 7 nitrogen and oxygen atoms in total. The van der Waals surface area contributed by atoms with Gasteiger partial charge in [-0.05, 0) is 55.5 Å². The van der Waals surface area contributed by atoms with Crippen molar-refractivity contribution in [2.75, 3.05) is 19.0 Å². The summed E-state index contributed by atoms with van der Waals surface area (Å²) >= 11 is 1.07. The minimum absolute atomic E-state index is 0.172. The Hall–Kier alpha value is -4.61. The summed E-state index contributed by atoms with van der Waals surface area (Å²) in [5.41, 5.74) is 1.25. The van der Waals surface area contributed by atoms with Gasteiger partial charge in [0.1, 0.15) is 22.2 Å². The number of hydrogen-bond donors (Lipinski definition) is 1. The number of ether oxygens (including phenoxy) is 2. The van der Waals surface area contributed by atoms with Crippen LogP contribution in [-0.2, 0) is 4.79 Å². The molecule has 4 aromatic rings. The van der Waals surface area contributed by atoms with Crippen molar-refractivity contribution in [3.63, 3.8) is 0 Å². The second kappa shape index (κ2) is 11.2. The van der Waals surface area contributed by atoms with Crippen LogP contribution in [0.25, 0.3) is 17.3 Å². The van der Waals surface area contributed by atoms with Crippen LogP contribution in [0.5, 0.6) is 11.5 Å². The normalized spacial score (nSPS) is 12.0. The summed E-state index contributed by atoms with van der Waals surface area (Å²) in [6, 6.07) is 25.1. The molecule has 0 saturated carbocycles. The van der Waals surface area contributed by atoms with Gasteiger partial charge >= 0.3 is 0 Å². The van der Waals surface area contributed by atoms with Gasteiger partial charge in [0.05, 0.1) is 23.9 Å². The van der Waals surface area contributed by atoms with Crippen molar-refractivity contribution in [3.8, 4) is 23.3 Å². The molecule has 1 heterocycles. The number of methoxy groups -OCH3 is 1. The molecule has 0 fully saturated rings. The van der Waals surface area contributed by atoms with Crippen LogP contribution in [-0.4, -0.2) is 24.2 Å². The van der Waals surface area contributed by atoms with Crippen LogP contribution in [0.2, 0.25) is 0 Å². The zero-order valence-corrected chi connectivity index (χ0v) is 20.5. The van der Waals surface area contributed by atoms with E-state index in [1.165, 1.54) is 4.57 Å². The van der Waals surface area contributed by atoms with Crippen molar-refractivity contribution in [3.05, 3.63) is 104 Å². The van der Waals surface area contributed by atoms with Gasteiger partial charge in [0.2, 0.25) is 0 Å². The van der Waals surface area contributed by atoms with Crippen molar-refractivity contribution in [2.45, 2.75) is 6.92 Å². The molecule has 0 aliphatic heterocycles. The number of rotatable bonds is 7. The molecule has 3 aromatic carbocycles. The Morgan fingerprint density at radius 3 is 2.42 bits per heavy atom. The van der Waals surface area contributed by atoms with E-state index >= 15 is 0 Å². The van der Waals surface area contributed by atoms with E-state index in [2.05, 4.69) is 5.32 Å². The first-order valence-electron chi connectivity index (χ1n) is 11.2. The van der Waals surface area contributed by atoms with E-state index in [9.17, 15) is 14.9 Å². The lowest BCUT2D eigenvalue weighted by atomic mass is 10.2. The van der Waals surface area contributed by atoms with Gasteiger partial charge in [-0.2, -0.15) is 5.26 Å². The fourth-order valence-electron chi connectivity index (χ4n) is 3.58. The number of benzene rings is 3. The Bertz CT molecular complexity index is 1600. The fraction of sp³-hybridized carbons (Fsp3) is 0.107. The first-order valence-corrected chi connectivity index (χ1v) is 12.0. The molecule has 0 saturated heterocycles. The third-order valence-electron chi connectivity index (χ3n) is 5.24. The molecule has 1 amide bonds. The molecule has 1 aromatic heterocycles. The number of amides is 1. The average molecular weight is 498 g/mol. The van der Waals surface area contributed by atoms with Crippen LogP contribution in [0.15, 0.2) is 83.7 Å². The van der Waals surface area contributed by atoms with E-state index in [1.54, 1.807) is 67.8 Å². The number of nitriles is 1. The highest BCUT2D eigenvalue weighted by Crippen LogP contribution is 2.18. The number of anilines is 1. The molecule has 0 spiro atoms. The maximum absolute atomic E-state index is 13.5. The zero-order chi connectivity index (χ0) is 25.5. The van der Waals surface area contributed by atoms with Crippen LogP contribution in [0.4, 0.5) is 5.69 Å². The van der Waals surface area contributed by atoms with Gasteiger partial charge in [-0.3, -0.25) is 14.2 Å². The maximum Gasteiger partial charge on any atom is 0.273 e. The molecule has 180 valence electrons. The second-order valence-electron chi connectivity index (χ2n) is 7.53. The Kier molecular flexibility index (Phi) is 7.63. The highest BCUT2D eigenvalue weighted by molar-refractivity contribution is 7.07. The van der Waals surface area contributed by atoms with Crippen molar-refractivity contribution >= 4 is 34.6 Å². The molecule has 0 aliphatic rings. The molecular formula is C28H23N3O4S. The quantitative estimate of drug-likeness (QED) is 0.422. The van der Waals surface area contributed by atoms with Crippen LogP contribution in [0.1, 0.15) is 12.5 Å². The number of nitrogens with zero attached hydrogens (tertiary/aromatic N) is 2. The number of hydrogen-bond acceptors (Lipinski definition) is 6. The summed E-state index contributed by atoms with van der Waals surface area (Å²) in [6.07, 6.45) is 1.70. The smallest absolute Gasteiger partial charge is 0.273 e. The number of nitrogens with one attached hydrogen (secondary N) is 1. The second-order valence-corrected chi connectivity index (χ2v) is 8.56. The van der Waals surface area contributed by atoms with Crippen LogP contribution in [0, 0.1) is 11.3 Å². The number of thiazole rings is 1. The minimum Gasteiger partial charge on any atom is -0.496 e. The van der Waals surface area contributed by atoms with E-state index in [0.717, 1.165) is 11.3 Å². The summed E-state index contributed by atoms with van der Waals surface area (Å²) in [5, 5.41) is 12.7. The number of para-hydroxylation sites is 2. The SMILES string of the molecule is CCOc1ccc(NC(=O)/C(C#N)=c2/s/c(=C/c3ccccc3OC)c(=O)n2-c2ccccc2)cc1. The molecule has 0 radical (unpaired) electrons. The lowest BCUT2D eigenvalue weighted by Crippen LogP contribution is -2.32. The molecule has 0 atom stereocenters. The maximum atomic E-state index is 13.5. The Labute approximate surface area is 211 Å². The fourth-order valence-corrected chi connectivity index (χ4v) is 4.67. The Morgan fingerprint density at radius 1 is 1.06 bits per heavy atom. The summed E-state index contributed by atoms with van der Waals surface area (Å²) in [5.74, 6) is 0.667. The van der Waals surface area contributed by atoms with E-state index < -0.39 is 5.91 Å². The number of carbonyl (C=O) groups is 1. The van der Waals surface area contributed by atoms with E-state index in [0.29, 0.717) is 39.6 Å². The summed E-state index contributed by atoms with van der Waals surface area (Å²) in [7, 11) is 1.56. The van der Waals surface area contributed by atoms with Crippen LogP contribution >= 0.6 is 11.3 Å². The zero-order valence-electron chi connectivity index (χ0n) is 19.7. The monoisotopic (exact) mass is 497 g/mol. The molecule has 1 N–H and O–H groups in total. The Balaban J connectivity index is 1.89. The lowest BCUT2D eigenvalue weighted by molar-refractivity contribution is -0.111. The first kappa shape index (κ1) is 24.5. The highest BCUT2D eigenvalue weighted by Gasteiger charge is 2.17. The summed E-state index contributed by atoms with van der Waals surface area (Å²) < 4.78 is 12.8. The summed E-state index contributed by atoms with van der Waals surface area (Å²) in [4.78, 5) is 26.7. The predicted molar refractivity (Wildman–Crippen MR) is 141 cm³/mol. The molecule has 0 aliphatic carbocycles. The van der Waals surface area contributed by atoms with Gasteiger partial charge in [0, 0.05) is 11.3 Å². The van der Waals surface area contributed by atoms with Gasteiger partial charge in [-0.25, -0.2) is 0 Å². The van der Waals surface area contributed by atoms with Crippen LogP contribution in [0.3, 0.4) is 0 Å². The van der Waals surface area contributed by atoms with Crippen molar-refractivity contribution in [1.82, 2.24) is 4.57 Å². The highest BCUT2D eigenvalue weighted by atomic mass is 32.1. The first-order chi connectivity index (χ1) is 17.5. The number of aromatic nitrogens is 1. The van der Waals surface area contributed by atoms with Gasteiger partial charge < -0.3 is 14.8 Å². The average Bonchev–Trinajstić information content (AvgIpc) is 3.21. The van der Waals surface area contributed by atoms with Gasteiger partial charge in [-0.15, -0.1) is 11.3 Å². The van der Waals surface area contributed by atoms with Gasteiger partial charge in [0.15, 0.2) is 5.57 Å². The third kappa shape index (κ3) is 5.22. The van der Waals surface area contributed by atoms with Crippen molar-refractivity contribution in [1.29, 1.82) is 5.26 Å². The van der Waals surface area contributed by atoms with E-state index in [-0.39, 0.29) is 15.8 Å². The molecule has 8 heteroatoms. The molecule has 36 heavy (non-hydrogen) atoms. The Morgan fingerprint density at radius 2 is 1.75 bits per heavy atom. The molecular weight excluding hydrogens is 474 g/mol. The molecule has 0 unspecified atom stereocenters. The molecule has 4 rings (SSSR count). The van der Waals surface area contributed by atoms with Gasteiger partial charge in [-0.1, -0.05) is 36.4 Å². The van der Waals surface area contributed by atoms with Gasteiger partial charge in [0.25, 0.3) is 11.5 Å². The standard InChI is InChI=1S/C28H23N3O4S/c1-3-35-22-15-13-20(14-16-22)30-26(32)23(18-29)28-31(21-10-5-4-6-11-21)27(33)25(36-28)17-19-9-7-8-12-24(19)34-2/h4-17H,3H2,1-2H3,(H,30,32)/b25-17+,28-23+. The van der Waals surface area contributed by atoms with Crippen molar-refractivity contribution < 1.29 is 14.3 Å². The molecule has 0 bridgehead atoms. The van der Waals surface area contributed by atoms with E-state index in [1.807, 2.05) is 37.3 Å². The summed E-state index contributed by atoms with van der Waals surface area (Å²) in [6.45, 7) is 2.42.